The molecular weight excluding hydrogens is 360 g/mol. The molecule has 0 bridgehead atoms. The fourth-order valence-corrected chi connectivity index (χ4v) is 3.60. The highest BCUT2D eigenvalue weighted by Crippen LogP contribution is 2.26. The number of aryl methyl sites for hydroxylation is 1. The second kappa shape index (κ2) is 7.45. The smallest absolute Gasteiger partial charge is 0.272 e. The number of nitrogens with zero attached hydrogens (tertiary/aromatic N) is 3. The quantitative estimate of drug-likeness (QED) is 0.747. The Morgan fingerprint density at radius 2 is 1.78 bits per heavy atom. The maximum atomic E-state index is 12.8. The number of nitrogens with one attached hydrogen (secondary N) is 1. The molecule has 3 aromatic rings. The summed E-state index contributed by atoms with van der Waals surface area (Å²) in [7, 11) is 0. The Bertz CT molecular complexity index is 946. The van der Waals surface area contributed by atoms with Gasteiger partial charge in [-0.3, -0.25) is 9.89 Å². The monoisotopic (exact) mass is 380 g/mol. The van der Waals surface area contributed by atoms with Crippen LogP contribution in [0.5, 0.6) is 0 Å². The van der Waals surface area contributed by atoms with Gasteiger partial charge in [0.15, 0.2) is 0 Å². The molecule has 5 nitrogen and oxygen atoms in total. The lowest BCUT2D eigenvalue weighted by molar-refractivity contribution is 0.0741. The van der Waals surface area contributed by atoms with Gasteiger partial charge in [-0.05, 0) is 30.7 Å². The molecular formula is C21H21ClN4O. The van der Waals surface area contributed by atoms with Gasteiger partial charge in [-0.15, -0.1) is 0 Å². The topological polar surface area (TPSA) is 52.2 Å². The molecule has 0 spiro atoms. The first-order chi connectivity index (χ1) is 13.1. The third kappa shape index (κ3) is 3.69. The van der Waals surface area contributed by atoms with Crippen molar-refractivity contribution in [3.63, 3.8) is 0 Å². The molecule has 0 aliphatic carbocycles. The fraction of sp³-hybridized carbons (Fsp3) is 0.238. The van der Waals surface area contributed by atoms with Crippen LogP contribution in [0.15, 0.2) is 54.6 Å². The van der Waals surface area contributed by atoms with Gasteiger partial charge in [0.1, 0.15) is 5.69 Å². The number of benzene rings is 2. The highest BCUT2D eigenvalue weighted by atomic mass is 35.5. The van der Waals surface area contributed by atoms with Gasteiger partial charge in [-0.25, -0.2) is 0 Å². The Balaban J connectivity index is 1.43. The summed E-state index contributed by atoms with van der Waals surface area (Å²) in [6.45, 7) is 4.99. The van der Waals surface area contributed by atoms with E-state index >= 15 is 0 Å². The largest absolute Gasteiger partial charge is 0.368 e. The molecule has 0 atom stereocenters. The van der Waals surface area contributed by atoms with E-state index in [4.69, 9.17) is 11.6 Å². The predicted octanol–water partition coefficient (Wildman–Crippen LogP) is 4.00. The van der Waals surface area contributed by atoms with Crippen molar-refractivity contribution in [3.05, 3.63) is 70.9 Å². The molecule has 0 unspecified atom stereocenters. The van der Waals surface area contributed by atoms with Gasteiger partial charge < -0.3 is 9.80 Å². The van der Waals surface area contributed by atoms with Crippen molar-refractivity contribution in [2.24, 2.45) is 0 Å². The van der Waals surface area contributed by atoms with Gasteiger partial charge >= 0.3 is 0 Å². The number of halogens is 1. The molecule has 138 valence electrons. The van der Waals surface area contributed by atoms with Gasteiger partial charge in [-0.2, -0.15) is 5.10 Å². The van der Waals surface area contributed by atoms with Gasteiger partial charge in [-0.1, -0.05) is 48.0 Å². The van der Waals surface area contributed by atoms with Crippen molar-refractivity contribution in [2.75, 3.05) is 31.1 Å². The minimum absolute atomic E-state index is 0.00727. The number of anilines is 1. The molecule has 2 aromatic carbocycles. The van der Waals surface area contributed by atoms with Crippen LogP contribution in [0, 0.1) is 6.92 Å². The van der Waals surface area contributed by atoms with Crippen LogP contribution < -0.4 is 4.90 Å². The molecule has 1 aliphatic heterocycles. The second-order valence-electron chi connectivity index (χ2n) is 6.74. The van der Waals surface area contributed by atoms with Gasteiger partial charge in [0.05, 0.1) is 5.69 Å². The highest BCUT2D eigenvalue weighted by molar-refractivity contribution is 6.30. The van der Waals surface area contributed by atoms with Crippen molar-refractivity contribution in [3.8, 4) is 11.3 Å². The molecule has 1 aromatic heterocycles. The van der Waals surface area contributed by atoms with Crippen molar-refractivity contribution in [1.82, 2.24) is 15.1 Å². The van der Waals surface area contributed by atoms with Crippen LogP contribution in [0.4, 0.5) is 5.69 Å². The molecule has 1 N–H and O–H groups in total. The number of hydrogen-bond acceptors (Lipinski definition) is 3. The van der Waals surface area contributed by atoms with Gasteiger partial charge in [0.2, 0.25) is 0 Å². The lowest BCUT2D eigenvalue weighted by Crippen LogP contribution is -2.49. The summed E-state index contributed by atoms with van der Waals surface area (Å²) in [5.41, 5.74) is 4.64. The number of hydrogen-bond donors (Lipinski definition) is 1. The lowest BCUT2D eigenvalue weighted by atomic mass is 10.1. The number of aromatic nitrogens is 2. The van der Waals surface area contributed by atoms with Crippen molar-refractivity contribution in [1.29, 1.82) is 0 Å². The van der Waals surface area contributed by atoms with Crippen LogP contribution in [0.25, 0.3) is 11.3 Å². The molecule has 1 saturated heterocycles. The zero-order valence-electron chi connectivity index (χ0n) is 15.2. The maximum Gasteiger partial charge on any atom is 0.272 e. The van der Waals surface area contributed by atoms with Crippen LogP contribution in [0.2, 0.25) is 5.02 Å². The molecule has 27 heavy (non-hydrogen) atoms. The lowest BCUT2D eigenvalue weighted by Gasteiger charge is -2.36. The molecule has 0 radical (unpaired) electrons. The average Bonchev–Trinajstić information content (AvgIpc) is 3.20. The van der Waals surface area contributed by atoms with E-state index < -0.39 is 0 Å². The number of H-pyrrole nitrogens is 1. The maximum absolute atomic E-state index is 12.8. The normalized spacial score (nSPS) is 14.4. The Morgan fingerprint density at radius 1 is 1.04 bits per heavy atom. The molecule has 2 heterocycles. The minimum atomic E-state index is -0.00727. The number of carbonyl (C=O) groups is 1. The van der Waals surface area contributed by atoms with E-state index in [9.17, 15) is 4.79 Å². The molecule has 1 fully saturated rings. The summed E-state index contributed by atoms with van der Waals surface area (Å²) in [6.07, 6.45) is 0. The van der Waals surface area contributed by atoms with Gasteiger partial charge in [0, 0.05) is 42.5 Å². The van der Waals surface area contributed by atoms with E-state index in [1.54, 1.807) is 0 Å². The van der Waals surface area contributed by atoms with Crippen LogP contribution in [0.1, 0.15) is 16.1 Å². The van der Waals surface area contributed by atoms with Crippen molar-refractivity contribution in [2.45, 2.75) is 6.92 Å². The second-order valence-corrected chi connectivity index (χ2v) is 7.18. The number of amides is 1. The third-order valence-corrected chi connectivity index (χ3v) is 5.19. The first-order valence-electron chi connectivity index (χ1n) is 9.03. The zero-order chi connectivity index (χ0) is 18.8. The summed E-state index contributed by atoms with van der Waals surface area (Å²) in [5.74, 6) is -0.00727. The highest BCUT2D eigenvalue weighted by Gasteiger charge is 2.24. The van der Waals surface area contributed by atoms with E-state index in [2.05, 4.69) is 22.0 Å². The Kier molecular flexibility index (Phi) is 4.86. The SMILES string of the molecule is Cc1ccc(Cl)cc1N1CCN(C(=O)c2cc(-c3ccccc3)n[nH]2)CC1. The summed E-state index contributed by atoms with van der Waals surface area (Å²) < 4.78 is 0. The van der Waals surface area contributed by atoms with Crippen LogP contribution in [0.3, 0.4) is 0 Å². The number of piperazine rings is 1. The fourth-order valence-electron chi connectivity index (χ4n) is 3.43. The minimum Gasteiger partial charge on any atom is -0.368 e. The van der Waals surface area contributed by atoms with Crippen molar-refractivity contribution < 1.29 is 4.79 Å². The van der Waals surface area contributed by atoms with E-state index in [1.165, 1.54) is 5.56 Å². The average molecular weight is 381 g/mol. The van der Waals surface area contributed by atoms with Crippen LogP contribution in [-0.4, -0.2) is 47.2 Å². The van der Waals surface area contributed by atoms with E-state index in [0.29, 0.717) is 18.8 Å². The number of carbonyl (C=O) groups excluding carboxylic acids is 1. The standard InChI is InChI=1S/C21H21ClN4O/c1-15-7-8-17(22)13-20(15)25-9-11-26(12-10-25)21(27)19-14-18(23-24-19)16-5-3-2-4-6-16/h2-8,13-14H,9-12H2,1H3,(H,23,24). The first-order valence-corrected chi connectivity index (χ1v) is 9.41. The van der Waals surface area contributed by atoms with Gasteiger partial charge in [0.25, 0.3) is 5.91 Å². The molecule has 6 heteroatoms. The van der Waals surface area contributed by atoms with Crippen LogP contribution in [-0.2, 0) is 0 Å². The van der Waals surface area contributed by atoms with E-state index in [1.807, 2.05) is 59.5 Å². The zero-order valence-corrected chi connectivity index (χ0v) is 15.9. The summed E-state index contributed by atoms with van der Waals surface area (Å²) in [6, 6.07) is 17.6. The number of aromatic amines is 1. The third-order valence-electron chi connectivity index (χ3n) is 4.96. The Morgan fingerprint density at radius 3 is 2.52 bits per heavy atom. The summed E-state index contributed by atoms with van der Waals surface area (Å²) in [5, 5.41) is 7.91. The van der Waals surface area contributed by atoms with E-state index in [0.717, 1.165) is 35.1 Å². The molecule has 1 aliphatic rings. The Hall–Kier alpha value is -2.79. The summed E-state index contributed by atoms with van der Waals surface area (Å²) >= 11 is 6.15. The van der Waals surface area contributed by atoms with Crippen LogP contribution >= 0.6 is 11.6 Å². The Labute approximate surface area is 163 Å². The first kappa shape index (κ1) is 17.6. The van der Waals surface area contributed by atoms with E-state index in [-0.39, 0.29) is 5.91 Å². The number of rotatable bonds is 3. The molecule has 1 amide bonds. The van der Waals surface area contributed by atoms with Crippen molar-refractivity contribution >= 4 is 23.2 Å². The molecule has 4 rings (SSSR count). The predicted molar refractivity (Wildman–Crippen MR) is 108 cm³/mol. The summed E-state index contributed by atoms with van der Waals surface area (Å²) in [4.78, 5) is 17.0. The molecule has 0 saturated carbocycles.